The van der Waals surface area contributed by atoms with Gasteiger partial charge in [0.1, 0.15) is 12.1 Å². The number of fused-ring (bicyclic) bond motifs is 1. The van der Waals surface area contributed by atoms with E-state index in [2.05, 4.69) is 33.0 Å². The van der Waals surface area contributed by atoms with Crippen molar-refractivity contribution in [1.82, 2.24) is 19.6 Å². The third kappa shape index (κ3) is 1.82. The summed E-state index contributed by atoms with van der Waals surface area (Å²) in [5, 5.41) is 4.24. The smallest absolute Gasteiger partial charge is 0.254 e. The number of nitrogens with zero attached hydrogens (tertiary/aromatic N) is 5. The Kier molecular flexibility index (Phi) is 2.66. The summed E-state index contributed by atoms with van der Waals surface area (Å²) in [4.78, 5) is 10.8. The van der Waals surface area contributed by atoms with Crippen LogP contribution in [-0.4, -0.2) is 38.7 Å². The third-order valence-corrected chi connectivity index (χ3v) is 3.65. The maximum atomic E-state index is 5.99. The van der Waals surface area contributed by atoms with Crippen LogP contribution in [0.25, 0.3) is 5.78 Å². The van der Waals surface area contributed by atoms with Crippen molar-refractivity contribution in [3.8, 4) is 0 Å². The molecular formula is C12H18N6. The number of rotatable bonds is 2. The van der Waals surface area contributed by atoms with Crippen molar-refractivity contribution in [2.24, 2.45) is 11.7 Å². The van der Waals surface area contributed by atoms with Crippen LogP contribution in [0.5, 0.6) is 0 Å². The second-order valence-electron chi connectivity index (χ2n) is 5.08. The quantitative estimate of drug-likeness (QED) is 0.840. The number of hydrogen-bond acceptors (Lipinski definition) is 5. The average Bonchev–Trinajstić information content (AvgIpc) is 2.95. The SMILES string of the molecule is Cc1cc(N2CCC(C(C)N)C2)n2ncnc2n1. The van der Waals surface area contributed by atoms with Crippen LogP contribution in [-0.2, 0) is 0 Å². The van der Waals surface area contributed by atoms with Gasteiger partial charge in [0, 0.05) is 30.9 Å². The molecule has 1 aliphatic heterocycles. The lowest BCUT2D eigenvalue weighted by Gasteiger charge is -2.20. The Labute approximate surface area is 106 Å². The fraction of sp³-hybridized carbons (Fsp3) is 0.583. The third-order valence-electron chi connectivity index (χ3n) is 3.65. The van der Waals surface area contributed by atoms with Gasteiger partial charge in [0.15, 0.2) is 0 Å². The molecule has 0 aliphatic carbocycles. The molecule has 2 aromatic heterocycles. The van der Waals surface area contributed by atoms with Gasteiger partial charge in [0.2, 0.25) is 0 Å². The Morgan fingerprint density at radius 2 is 2.33 bits per heavy atom. The minimum Gasteiger partial charge on any atom is -0.356 e. The van der Waals surface area contributed by atoms with Crippen LogP contribution in [0.1, 0.15) is 19.0 Å². The van der Waals surface area contributed by atoms with Gasteiger partial charge in [0.25, 0.3) is 5.78 Å². The van der Waals surface area contributed by atoms with Crippen LogP contribution >= 0.6 is 0 Å². The molecule has 96 valence electrons. The summed E-state index contributed by atoms with van der Waals surface area (Å²) < 4.78 is 1.80. The highest BCUT2D eigenvalue weighted by atomic mass is 15.4. The molecule has 3 rings (SSSR count). The van der Waals surface area contributed by atoms with E-state index in [-0.39, 0.29) is 6.04 Å². The number of aromatic nitrogens is 4. The van der Waals surface area contributed by atoms with Crippen molar-refractivity contribution in [3.05, 3.63) is 18.1 Å². The lowest BCUT2D eigenvalue weighted by atomic mass is 10.0. The molecule has 0 spiro atoms. The van der Waals surface area contributed by atoms with Gasteiger partial charge in [-0.05, 0) is 26.2 Å². The molecule has 6 nitrogen and oxygen atoms in total. The van der Waals surface area contributed by atoms with E-state index in [0.717, 1.165) is 31.0 Å². The Balaban J connectivity index is 1.97. The van der Waals surface area contributed by atoms with Crippen LogP contribution in [0.15, 0.2) is 12.4 Å². The van der Waals surface area contributed by atoms with Crippen LogP contribution in [0.3, 0.4) is 0 Å². The van der Waals surface area contributed by atoms with Crippen LogP contribution in [0.4, 0.5) is 5.82 Å². The van der Waals surface area contributed by atoms with Gasteiger partial charge in [-0.25, -0.2) is 4.98 Å². The zero-order valence-corrected chi connectivity index (χ0v) is 10.7. The number of nitrogens with two attached hydrogens (primary N) is 1. The lowest BCUT2D eigenvalue weighted by Crippen LogP contribution is -2.30. The van der Waals surface area contributed by atoms with Gasteiger partial charge in [0.05, 0.1) is 0 Å². The standard InChI is InChI=1S/C12H18N6/c1-8-5-11(18-12(16-8)14-7-15-18)17-4-3-10(6-17)9(2)13/h5,7,9-10H,3-4,6,13H2,1-2H3. The van der Waals surface area contributed by atoms with E-state index in [1.165, 1.54) is 0 Å². The zero-order valence-electron chi connectivity index (χ0n) is 10.7. The Morgan fingerprint density at radius 3 is 3.06 bits per heavy atom. The molecule has 0 saturated carbocycles. The average molecular weight is 246 g/mol. The van der Waals surface area contributed by atoms with E-state index in [4.69, 9.17) is 5.73 Å². The molecule has 0 bridgehead atoms. The maximum absolute atomic E-state index is 5.99. The highest BCUT2D eigenvalue weighted by Crippen LogP contribution is 2.25. The fourth-order valence-corrected chi connectivity index (χ4v) is 2.56. The first kappa shape index (κ1) is 11.4. The largest absolute Gasteiger partial charge is 0.356 e. The summed E-state index contributed by atoms with van der Waals surface area (Å²) in [5.74, 6) is 2.28. The number of hydrogen-bond donors (Lipinski definition) is 1. The van der Waals surface area contributed by atoms with Crippen molar-refractivity contribution in [1.29, 1.82) is 0 Å². The fourth-order valence-electron chi connectivity index (χ4n) is 2.56. The van der Waals surface area contributed by atoms with Crippen LogP contribution < -0.4 is 10.6 Å². The molecule has 1 fully saturated rings. The summed E-state index contributed by atoms with van der Waals surface area (Å²) >= 11 is 0. The lowest BCUT2D eigenvalue weighted by molar-refractivity contribution is 0.487. The van der Waals surface area contributed by atoms with Gasteiger partial charge in [-0.2, -0.15) is 14.6 Å². The van der Waals surface area contributed by atoms with E-state index in [1.54, 1.807) is 10.8 Å². The topological polar surface area (TPSA) is 72.3 Å². The molecule has 3 heterocycles. The molecule has 2 aromatic rings. The highest BCUT2D eigenvalue weighted by Gasteiger charge is 2.27. The summed E-state index contributed by atoms with van der Waals surface area (Å²) in [7, 11) is 0. The zero-order chi connectivity index (χ0) is 12.7. The molecule has 2 unspecified atom stereocenters. The molecule has 1 saturated heterocycles. The van der Waals surface area contributed by atoms with Crippen molar-refractivity contribution in [3.63, 3.8) is 0 Å². The van der Waals surface area contributed by atoms with Gasteiger partial charge in [-0.15, -0.1) is 0 Å². The van der Waals surface area contributed by atoms with Gasteiger partial charge >= 0.3 is 0 Å². The Bertz CT molecular complexity index is 561. The molecule has 2 atom stereocenters. The van der Waals surface area contributed by atoms with Crippen molar-refractivity contribution in [2.45, 2.75) is 26.3 Å². The molecule has 6 heteroatoms. The van der Waals surface area contributed by atoms with E-state index < -0.39 is 0 Å². The van der Waals surface area contributed by atoms with Crippen molar-refractivity contribution < 1.29 is 0 Å². The van der Waals surface area contributed by atoms with E-state index in [9.17, 15) is 0 Å². The highest BCUT2D eigenvalue weighted by molar-refractivity contribution is 5.48. The first-order valence-electron chi connectivity index (χ1n) is 6.33. The van der Waals surface area contributed by atoms with Crippen molar-refractivity contribution in [2.75, 3.05) is 18.0 Å². The van der Waals surface area contributed by atoms with Gasteiger partial charge in [-0.3, -0.25) is 0 Å². The van der Waals surface area contributed by atoms with Gasteiger partial charge < -0.3 is 10.6 Å². The van der Waals surface area contributed by atoms with Crippen LogP contribution in [0, 0.1) is 12.8 Å². The molecular weight excluding hydrogens is 228 g/mol. The first-order chi connectivity index (χ1) is 8.65. The molecule has 18 heavy (non-hydrogen) atoms. The second kappa shape index (κ2) is 4.20. The summed E-state index contributed by atoms with van der Waals surface area (Å²) in [5.41, 5.74) is 6.95. The van der Waals surface area contributed by atoms with E-state index in [1.807, 2.05) is 6.92 Å². The monoisotopic (exact) mass is 246 g/mol. The summed E-state index contributed by atoms with van der Waals surface area (Å²) in [6, 6.07) is 2.30. The second-order valence-corrected chi connectivity index (χ2v) is 5.08. The predicted molar refractivity (Wildman–Crippen MR) is 69.5 cm³/mol. The molecule has 0 radical (unpaired) electrons. The number of aryl methyl sites for hydroxylation is 1. The maximum Gasteiger partial charge on any atom is 0.254 e. The molecule has 2 N–H and O–H groups in total. The summed E-state index contributed by atoms with van der Waals surface area (Å²) in [6.07, 6.45) is 2.68. The van der Waals surface area contributed by atoms with Crippen LogP contribution in [0.2, 0.25) is 0 Å². The van der Waals surface area contributed by atoms with E-state index >= 15 is 0 Å². The van der Waals surface area contributed by atoms with E-state index in [0.29, 0.717) is 11.7 Å². The van der Waals surface area contributed by atoms with Gasteiger partial charge in [-0.1, -0.05) is 0 Å². The number of anilines is 1. The first-order valence-corrected chi connectivity index (χ1v) is 6.33. The molecule has 0 amide bonds. The Morgan fingerprint density at radius 1 is 1.50 bits per heavy atom. The minimum absolute atomic E-state index is 0.240. The molecule has 0 aromatic carbocycles. The normalized spacial score (nSPS) is 21.7. The minimum atomic E-state index is 0.240. The predicted octanol–water partition coefficient (Wildman–Crippen LogP) is 0.606. The Hall–Kier alpha value is -1.69. The summed E-state index contributed by atoms with van der Waals surface area (Å²) in [6.45, 7) is 6.06. The molecule has 1 aliphatic rings. The van der Waals surface area contributed by atoms with Crippen molar-refractivity contribution >= 4 is 11.6 Å².